The SMILES string of the molecule is C#Cc1ccc(C(C(=O)NCCC(=O)OCC)N(CCCCCC)C(=O)C(Cc2ccc(O)cc2)NC(=O)OC(C)(C)C)cc1. The number of ether oxygens (including phenoxy) is 2. The number of alkyl carbamates (subject to hydrolysis) is 1. The number of carbonyl (C=O) groups is 4. The largest absolute Gasteiger partial charge is 0.508 e. The number of terminal acetylenes is 1. The standard InChI is InChI=1S/C35H47N3O7/c1-7-10-11-12-23-38(31(27-17-13-25(8-2)14-18-27)32(41)36-22-21-30(40)44-9-3)33(42)29(37-34(43)45-35(4,5)6)24-26-15-19-28(39)20-16-26/h2,13-20,29,31,39H,7,9-12,21-24H2,1,3-6H3,(H,36,41)(H,37,43). The topological polar surface area (TPSA) is 134 Å². The molecule has 0 saturated carbocycles. The number of hydrogen-bond acceptors (Lipinski definition) is 7. The lowest BCUT2D eigenvalue weighted by Gasteiger charge is -2.34. The summed E-state index contributed by atoms with van der Waals surface area (Å²) >= 11 is 0. The first-order valence-electron chi connectivity index (χ1n) is 15.5. The van der Waals surface area contributed by atoms with Gasteiger partial charge in [-0.2, -0.15) is 0 Å². The van der Waals surface area contributed by atoms with Crippen LogP contribution in [0.1, 0.15) is 89.5 Å². The van der Waals surface area contributed by atoms with Crippen LogP contribution in [-0.4, -0.2) is 65.2 Å². The predicted octanol–water partition coefficient (Wildman–Crippen LogP) is 5.03. The van der Waals surface area contributed by atoms with Crippen molar-refractivity contribution in [2.75, 3.05) is 19.7 Å². The Morgan fingerprint density at radius 2 is 1.64 bits per heavy atom. The second-order valence-electron chi connectivity index (χ2n) is 11.7. The van der Waals surface area contributed by atoms with Crippen molar-refractivity contribution in [1.29, 1.82) is 0 Å². The summed E-state index contributed by atoms with van der Waals surface area (Å²) in [5.74, 6) is 1.20. The van der Waals surface area contributed by atoms with E-state index in [1.165, 1.54) is 17.0 Å². The van der Waals surface area contributed by atoms with Crippen molar-refractivity contribution in [2.24, 2.45) is 0 Å². The van der Waals surface area contributed by atoms with Crippen LogP contribution in [0.5, 0.6) is 5.75 Å². The lowest BCUT2D eigenvalue weighted by atomic mass is 9.98. The molecule has 2 unspecified atom stereocenters. The van der Waals surface area contributed by atoms with Gasteiger partial charge in [0.15, 0.2) is 0 Å². The van der Waals surface area contributed by atoms with Crippen LogP contribution in [0.3, 0.4) is 0 Å². The van der Waals surface area contributed by atoms with Crippen molar-refractivity contribution in [1.82, 2.24) is 15.5 Å². The number of esters is 1. The van der Waals surface area contributed by atoms with E-state index in [9.17, 15) is 24.3 Å². The zero-order chi connectivity index (χ0) is 33.4. The summed E-state index contributed by atoms with van der Waals surface area (Å²) in [6.07, 6.45) is 8.20. The molecule has 10 nitrogen and oxygen atoms in total. The minimum absolute atomic E-state index is 0.0154. The fraction of sp³-hybridized carbons (Fsp3) is 0.486. The van der Waals surface area contributed by atoms with Gasteiger partial charge < -0.3 is 30.1 Å². The van der Waals surface area contributed by atoms with E-state index in [1.807, 2.05) is 0 Å². The lowest BCUT2D eigenvalue weighted by Crippen LogP contribution is -2.54. The van der Waals surface area contributed by atoms with Gasteiger partial charge in [-0.3, -0.25) is 14.4 Å². The first-order chi connectivity index (χ1) is 21.4. The van der Waals surface area contributed by atoms with Gasteiger partial charge in [0, 0.05) is 25.1 Å². The zero-order valence-electron chi connectivity index (χ0n) is 27.1. The molecule has 0 fully saturated rings. The van der Waals surface area contributed by atoms with E-state index in [-0.39, 0.29) is 38.3 Å². The zero-order valence-corrected chi connectivity index (χ0v) is 27.1. The first kappa shape index (κ1) is 36.7. The fourth-order valence-corrected chi connectivity index (χ4v) is 4.65. The molecule has 2 aromatic rings. The summed E-state index contributed by atoms with van der Waals surface area (Å²) in [4.78, 5) is 54.7. The van der Waals surface area contributed by atoms with Crippen LogP contribution in [0.25, 0.3) is 0 Å². The molecule has 0 heterocycles. The van der Waals surface area contributed by atoms with E-state index in [1.54, 1.807) is 64.1 Å². The van der Waals surface area contributed by atoms with Gasteiger partial charge in [-0.15, -0.1) is 6.42 Å². The number of benzene rings is 2. The third-order valence-corrected chi connectivity index (χ3v) is 6.79. The number of hydrogen-bond donors (Lipinski definition) is 3. The fourth-order valence-electron chi connectivity index (χ4n) is 4.65. The molecule has 2 atom stereocenters. The molecule has 0 aromatic heterocycles. The molecule has 244 valence electrons. The third-order valence-electron chi connectivity index (χ3n) is 6.79. The molecule has 0 bridgehead atoms. The highest BCUT2D eigenvalue weighted by molar-refractivity contribution is 5.92. The van der Waals surface area contributed by atoms with Gasteiger partial charge in [0.25, 0.3) is 0 Å². The van der Waals surface area contributed by atoms with Crippen molar-refractivity contribution in [3.05, 3.63) is 65.2 Å². The minimum atomic E-state index is -1.10. The maximum absolute atomic E-state index is 14.5. The van der Waals surface area contributed by atoms with E-state index in [0.717, 1.165) is 19.3 Å². The maximum Gasteiger partial charge on any atom is 0.408 e. The molecule has 45 heavy (non-hydrogen) atoms. The van der Waals surface area contributed by atoms with Crippen LogP contribution in [0.15, 0.2) is 48.5 Å². The lowest BCUT2D eigenvalue weighted by molar-refractivity contribution is -0.144. The molecule has 0 spiro atoms. The smallest absolute Gasteiger partial charge is 0.408 e. The molecule has 0 saturated heterocycles. The third kappa shape index (κ3) is 12.9. The first-order valence-corrected chi connectivity index (χ1v) is 15.5. The minimum Gasteiger partial charge on any atom is -0.508 e. The second-order valence-corrected chi connectivity index (χ2v) is 11.7. The Balaban J connectivity index is 2.55. The molecule has 10 heteroatoms. The van der Waals surface area contributed by atoms with Crippen LogP contribution >= 0.6 is 0 Å². The molecule has 3 amide bonds. The van der Waals surface area contributed by atoms with E-state index in [4.69, 9.17) is 15.9 Å². The predicted molar refractivity (Wildman–Crippen MR) is 172 cm³/mol. The molecule has 0 radical (unpaired) electrons. The van der Waals surface area contributed by atoms with Gasteiger partial charge in [-0.1, -0.05) is 56.4 Å². The van der Waals surface area contributed by atoms with Gasteiger partial charge >= 0.3 is 12.1 Å². The number of amides is 3. The average Bonchev–Trinajstić information content (AvgIpc) is 2.98. The van der Waals surface area contributed by atoms with Crippen LogP contribution < -0.4 is 10.6 Å². The summed E-state index contributed by atoms with van der Waals surface area (Å²) in [6, 6.07) is 10.9. The van der Waals surface area contributed by atoms with Gasteiger partial charge in [0.05, 0.1) is 13.0 Å². The Kier molecular flexibility index (Phi) is 14.9. The van der Waals surface area contributed by atoms with Crippen molar-refractivity contribution in [3.63, 3.8) is 0 Å². The number of phenolic OH excluding ortho intramolecular Hbond substituents is 1. The summed E-state index contributed by atoms with van der Waals surface area (Å²) in [5, 5.41) is 15.3. The van der Waals surface area contributed by atoms with Crippen LogP contribution in [0.2, 0.25) is 0 Å². The number of carbonyl (C=O) groups excluding carboxylic acids is 4. The summed E-state index contributed by atoms with van der Waals surface area (Å²) in [6.45, 7) is 9.42. The number of phenols is 1. The maximum atomic E-state index is 14.5. The summed E-state index contributed by atoms with van der Waals surface area (Å²) in [5.41, 5.74) is 1.00. The van der Waals surface area contributed by atoms with E-state index in [0.29, 0.717) is 23.1 Å². The number of nitrogens with one attached hydrogen (secondary N) is 2. The molecule has 0 aliphatic carbocycles. The van der Waals surface area contributed by atoms with Crippen molar-refractivity contribution < 1.29 is 33.8 Å². The van der Waals surface area contributed by atoms with E-state index < -0.39 is 41.6 Å². The molecule has 2 aromatic carbocycles. The number of nitrogens with zero attached hydrogens (tertiary/aromatic N) is 1. The molecule has 0 aliphatic heterocycles. The van der Waals surface area contributed by atoms with Crippen molar-refractivity contribution >= 4 is 23.9 Å². The highest BCUT2D eigenvalue weighted by Crippen LogP contribution is 2.25. The molecular weight excluding hydrogens is 574 g/mol. The monoisotopic (exact) mass is 621 g/mol. The Morgan fingerprint density at radius 3 is 2.22 bits per heavy atom. The highest BCUT2D eigenvalue weighted by Gasteiger charge is 2.36. The number of aromatic hydroxyl groups is 1. The van der Waals surface area contributed by atoms with E-state index in [2.05, 4.69) is 23.5 Å². The Hall–Kier alpha value is -4.52. The van der Waals surface area contributed by atoms with Crippen LogP contribution in [0.4, 0.5) is 4.79 Å². The average molecular weight is 622 g/mol. The Bertz CT molecular complexity index is 1290. The van der Waals surface area contributed by atoms with Crippen LogP contribution in [-0.2, 0) is 30.3 Å². The van der Waals surface area contributed by atoms with Gasteiger partial charge in [-0.05, 0) is 69.5 Å². The summed E-state index contributed by atoms with van der Waals surface area (Å²) < 4.78 is 10.5. The molecular formula is C35H47N3O7. The molecule has 2 rings (SSSR count). The van der Waals surface area contributed by atoms with Gasteiger partial charge in [0.1, 0.15) is 23.4 Å². The Morgan fingerprint density at radius 1 is 0.978 bits per heavy atom. The molecule has 3 N–H and O–H groups in total. The Labute approximate surface area is 266 Å². The van der Waals surface area contributed by atoms with E-state index >= 15 is 0 Å². The normalized spacial score (nSPS) is 12.3. The van der Waals surface area contributed by atoms with Gasteiger partial charge in [-0.25, -0.2) is 4.79 Å². The van der Waals surface area contributed by atoms with Gasteiger partial charge in [0.2, 0.25) is 11.8 Å². The number of unbranched alkanes of at least 4 members (excludes halogenated alkanes) is 3. The summed E-state index contributed by atoms with van der Waals surface area (Å²) in [7, 11) is 0. The quantitative estimate of drug-likeness (QED) is 0.136. The van der Waals surface area contributed by atoms with Crippen molar-refractivity contribution in [2.45, 2.75) is 90.8 Å². The highest BCUT2D eigenvalue weighted by atomic mass is 16.6. The number of rotatable bonds is 16. The van der Waals surface area contributed by atoms with Crippen LogP contribution in [0, 0.1) is 12.3 Å². The van der Waals surface area contributed by atoms with Crippen molar-refractivity contribution in [3.8, 4) is 18.1 Å². The molecule has 0 aliphatic rings. The second kappa shape index (κ2) is 18.3.